The molecule has 2 aliphatic carbocycles. The van der Waals surface area contributed by atoms with Crippen LogP contribution >= 0.6 is 0 Å². The van der Waals surface area contributed by atoms with Gasteiger partial charge in [0, 0.05) is 12.0 Å². The second-order valence-electron chi connectivity index (χ2n) is 8.71. The molecular formula is C22H29F5. The lowest BCUT2D eigenvalue weighted by atomic mass is 9.68. The van der Waals surface area contributed by atoms with Crippen LogP contribution in [0.15, 0.2) is 12.1 Å². The molecule has 0 radical (unpaired) electrons. The number of alkyl halides is 3. The minimum atomic E-state index is -4.41. The first-order valence-corrected chi connectivity index (χ1v) is 10.3. The van der Waals surface area contributed by atoms with Crippen molar-refractivity contribution >= 4 is 0 Å². The van der Waals surface area contributed by atoms with Gasteiger partial charge in [-0.1, -0.05) is 19.8 Å². The van der Waals surface area contributed by atoms with Gasteiger partial charge in [0.2, 0.25) is 0 Å². The molecule has 0 unspecified atom stereocenters. The van der Waals surface area contributed by atoms with E-state index < -0.39 is 36.2 Å². The first-order chi connectivity index (χ1) is 12.7. The highest BCUT2D eigenvalue weighted by molar-refractivity contribution is 5.29. The Kier molecular flexibility index (Phi) is 6.47. The first kappa shape index (κ1) is 20.6. The molecule has 0 nitrogen and oxygen atoms in total. The van der Waals surface area contributed by atoms with Gasteiger partial charge in [-0.3, -0.25) is 0 Å². The Balaban J connectivity index is 1.59. The Morgan fingerprint density at radius 1 is 0.815 bits per heavy atom. The standard InChI is InChI=1S/C22H29F5/c1-14-2-4-15(5-3-14)16-6-8-17(9-7-16)18-12-20(23)19(21(24)13-18)10-11-22(25,26)27/h12-17H,2-11H2,1H3. The highest BCUT2D eigenvalue weighted by Gasteiger charge is 2.32. The van der Waals surface area contributed by atoms with Crippen molar-refractivity contribution in [2.24, 2.45) is 17.8 Å². The van der Waals surface area contributed by atoms with Crippen LogP contribution < -0.4 is 0 Å². The van der Waals surface area contributed by atoms with Crippen molar-refractivity contribution in [2.45, 2.75) is 83.2 Å². The normalized spacial score (nSPS) is 29.7. The maximum absolute atomic E-state index is 14.2. The molecule has 0 N–H and O–H groups in total. The Morgan fingerprint density at radius 2 is 1.30 bits per heavy atom. The summed E-state index contributed by atoms with van der Waals surface area (Å²) in [7, 11) is 0. The predicted octanol–water partition coefficient (Wildman–Crippen LogP) is 7.56. The highest BCUT2D eigenvalue weighted by atomic mass is 19.4. The van der Waals surface area contributed by atoms with Gasteiger partial charge in [-0.25, -0.2) is 8.78 Å². The van der Waals surface area contributed by atoms with Crippen molar-refractivity contribution in [2.75, 3.05) is 0 Å². The van der Waals surface area contributed by atoms with E-state index in [1.54, 1.807) is 0 Å². The van der Waals surface area contributed by atoms with Crippen LogP contribution in [0.25, 0.3) is 0 Å². The van der Waals surface area contributed by atoms with Crippen molar-refractivity contribution in [1.29, 1.82) is 0 Å². The van der Waals surface area contributed by atoms with Gasteiger partial charge in [-0.2, -0.15) is 13.2 Å². The van der Waals surface area contributed by atoms with E-state index in [9.17, 15) is 22.0 Å². The van der Waals surface area contributed by atoms with Gasteiger partial charge < -0.3 is 0 Å². The Hall–Kier alpha value is -1.13. The molecule has 0 amide bonds. The van der Waals surface area contributed by atoms with E-state index in [0.717, 1.165) is 43.4 Å². The van der Waals surface area contributed by atoms with E-state index in [0.29, 0.717) is 5.56 Å². The third-order valence-corrected chi connectivity index (χ3v) is 6.79. The fourth-order valence-electron chi connectivity index (χ4n) is 5.05. The molecular weight excluding hydrogens is 359 g/mol. The van der Waals surface area contributed by atoms with E-state index in [1.165, 1.54) is 37.8 Å². The topological polar surface area (TPSA) is 0 Å². The molecule has 152 valence electrons. The van der Waals surface area contributed by atoms with Crippen molar-refractivity contribution < 1.29 is 22.0 Å². The zero-order valence-electron chi connectivity index (χ0n) is 15.9. The summed E-state index contributed by atoms with van der Waals surface area (Å²) in [5.74, 6) is 0.786. The third-order valence-electron chi connectivity index (χ3n) is 6.79. The van der Waals surface area contributed by atoms with E-state index in [1.807, 2.05) is 0 Å². The maximum atomic E-state index is 14.2. The average Bonchev–Trinajstić information content (AvgIpc) is 2.61. The van der Waals surface area contributed by atoms with Crippen LogP contribution in [0.1, 0.15) is 81.8 Å². The van der Waals surface area contributed by atoms with Crippen LogP contribution in [0.2, 0.25) is 0 Å². The Morgan fingerprint density at radius 3 is 1.78 bits per heavy atom. The molecule has 27 heavy (non-hydrogen) atoms. The van der Waals surface area contributed by atoms with Crippen molar-refractivity contribution in [3.05, 3.63) is 34.9 Å². The van der Waals surface area contributed by atoms with Crippen LogP contribution in [0, 0.1) is 29.4 Å². The summed E-state index contributed by atoms with van der Waals surface area (Å²) < 4.78 is 65.5. The lowest BCUT2D eigenvalue weighted by Crippen LogP contribution is -2.25. The van der Waals surface area contributed by atoms with Crippen LogP contribution in [0.5, 0.6) is 0 Å². The molecule has 0 spiro atoms. The van der Waals surface area contributed by atoms with Gasteiger partial charge in [0.05, 0.1) is 0 Å². The SMILES string of the molecule is CC1CCC(C2CCC(c3cc(F)c(CCC(F)(F)F)c(F)c3)CC2)CC1. The van der Waals surface area contributed by atoms with Crippen molar-refractivity contribution in [3.63, 3.8) is 0 Å². The molecule has 0 heterocycles. The van der Waals surface area contributed by atoms with Gasteiger partial charge >= 0.3 is 6.18 Å². The van der Waals surface area contributed by atoms with Crippen molar-refractivity contribution in [1.82, 2.24) is 0 Å². The molecule has 0 aliphatic heterocycles. The summed E-state index contributed by atoms with van der Waals surface area (Å²) >= 11 is 0. The van der Waals surface area contributed by atoms with Crippen LogP contribution in [-0.4, -0.2) is 6.18 Å². The lowest BCUT2D eigenvalue weighted by molar-refractivity contribution is -0.134. The molecule has 0 atom stereocenters. The smallest absolute Gasteiger partial charge is 0.207 e. The molecule has 0 saturated heterocycles. The monoisotopic (exact) mass is 388 g/mol. The van der Waals surface area contributed by atoms with Gasteiger partial charge in [0.15, 0.2) is 0 Å². The van der Waals surface area contributed by atoms with Crippen LogP contribution in [-0.2, 0) is 6.42 Å². The summed E-state index contributed by atoms with van der Waals surface area (Å²) in [5.41, 5.74) is 0.164. The van der Waals surface area contributed by atoms with Crippen LogP contribution in [0.3, 0.4) is 0 Å². The first-order valence-electron chi connectivity index (χ1n) is 10.3. The number of rotatable bonds is 4. The molecule has 1 aromatic carbocycles. The molecule has 2 saturated carbocycles. The second-order valence-corrected chi connectivity index (χ2v) is 8.71. The molecule has 5 heteroatoms. The van der Waals surface area contributed by atoms with Gasteiger partial charge in [-0.05, 0) is 86.3 Å². The summed E-state index contributed by atoms with van der Waals surface area (Å²) in [6.45, 7) is 2.31. The minimum absolute atomic E-state index is 0.115. The number of hydrogen-bond acceptors (Lipinski definition) is 0. The van der Waals surface area contributed by atoms with E-state index in [4.69, 9.17) is 0 Å². The molecule has 1 aromatic rings. The highest BCUT2D eigenvalue weighted by Crippen LogP contribution is 2.44. The molecule has 0 aromatic heterocycles. The summed E-state index contributed by atoms with van der Waals surface area (Å²) in [6, 6.07) is 2.53. The quantitative estimate of drug-likeness (QED) is 0.467. The molecule has 3 rings (SSSR count). The number of hydrogen-bond donors (Lipinski definition) is 0. The van der Waals surface area contributed by atoms with E-state index in [2.05, 4.69) is 6.92 Å². The zero-order chi connectivity index (χ0) is 19.6. The van der Waals surface area contributed by atoms with Gasteiger partial charge in [-0.15, -0.1) is 0 Å². The fraction of sp³-hybridized carbons (Fsp3) is 0.727. The maximum Gasteiger partial charge on any atom is 0.389 e. The minimum Gasteiger partial charge on any atom is -0.207 e. The number of halogens is 5. The largest absolute Gasteiger partial charge is 0.389 e. The van der Waals surface area contributed by atoms with E-state index >= 15 is 0 Å². The Bertz CT molecular complexity index is 597. The van der Waals surface area contributed by atoms with Crippen molar-refractivity contribution in [3.8, 4) is 0 Å². The summed E-state index contributed by atoms with van der Waals surface area (Å²) in [6.07, 6.45) is 2.95. The van der Waals surface area contributed by atoms with Crippen LogP contribution in [0.4, 0.5) is 22.0 Å². The molecule has 2 fully saturated rings. The molecule has 0 bridgehead atoms. The lowest BCUT2D eigenvalue weighted by Gasteiger charge is -2.37. The summed E-state index contributed by atoms with van der Waals surface area (Å²) in [4.78, 5) is 0. The predicted molar refractivity (Wildman–Crippen MR) is 96.6 cm³/mol. The van der Waals surface area contributed by atoms with E-state index in [-0.39, 0.29) is 5.92 Å². The number of benzene rings is 1. The van der Waals surface area contributed by atoms with Gasteiger partial charge in [0.1, 0.15) is 11.6 Å². The zero-order valence-corrected chi connectivity index (χ0v) is 15.9. The third kappa shape index (κ3) is 5.45. The fourth-order valence-corrected chi connectivity index (χ4v) is 5.05. The molecule has 2 aliphatic rings. The Labute approximate surface area is 158 Å². The van der Waals surface area contributed by atoms with Gasteiger partial charge in [0.25, 0.3) is 0 Å². The average molecular weight is 388 g/mol. The second kappa shape index (κ2) is 8.48. The summed E-state index contributed by atoms with van der Waals surface area (Å²) in [5, 5.41) is 0.